The zero-order valence-electron chi connectivity index (χ0n) is 8.38. The van der Waals surface area contributed by atoms with Gasteiger partial charge in [0.1, 0.15) is 0 Å². The minimum Gasteiger partial charge on any atom is -0.481 e. The van der Waals surface area contributed by atoms with Gasteiger partial charge in [-0.2, -0.15) is 0 Å². The Hall–Kier alpha value is -1.50. The van der Waals surface area contributed by atoms with Gasteiger partial charge in [-0.05, 0) is 11.5 Å². The molecule has 0 aromatic carbocycles. The maximum absolute atomic E-state index is 11.6. The molecule has 0 radical (unpaired) electrons. The fourth-order valence-electron chi connectivity index (χ4n) is 1.03. The van der Waals surface area contributed by atoms with Crippen LogP contribution in [0.2, 0.25) is 0 Å². The van der Waals surface area contributed by atoms with E-state index in [1.165, 1.54) is 10.3 Å². The number of rotatable bonds is 4. The van der Waals surface area contributed by atoms with Gasteiger partial charge in [0.15, 0.2) is 5.69 Å². The molecule has 0 spiro atoms. The molecule has 0 aliphatic rings. The van der Waals surface area contributed by atoms with Crippen LogP contribution in [0.25, 0.3) is 0 Å². The average Bonchev–Trinajstić information content (AvgIpc) is 2.68. The van der Waals surface area contributed by atoms with E-state index in [9.17, 15) is 9.59 Å². The molecule has 0 bridgehead atoms. The van der Waals surface area contributed by atoms with E-state index in [1.54, 1.807) is 14.0 Å². The Balaban J connectivity index is 2.58. The first-order chi connectivity index (χ1) is 7.02. The number of carboxylic acid groups (broad SMARTS) is 1. The van der Waals surface area contributed by atoms with E-state index in [0.717, 1.165) is 11.5 Å². The van der Waals surface area contributed by atoms with Crippen LogP contribution in [0.4, 0.5) is 0 Å². The Morgan fingerprint density at radius 2 is 2.33 bits per heavy atom. The number of nitrogens with zero attached hydrogens (tertiary/aromatic N) is 3. The first-order valence-electron chi connectivity index (χ1n) is 4.27. The largest absolute Gasteiger partial charge is 0.481 e. The summed E-state index contributed by atoms with van der Waals surface area (Å²) in [4.78, 5) is 23.5. The normalized spacial score (nSPS) is 12.1. The second-order valence-corrected chi connectivity index (χ2v) is 3.82. The number of aliphatic carboxylic acids is 1. The Labute approximate surface area is 90.7 Å². The van der Waals surface area contributed by atoms with Crippen LogP contribution in [0, 0.1) is 5.92 Å². The predicted molar refractivity (Wildman–Crippen MR) is 53.7 cm³/mol. The lowest BCUT2D eigenvalue weighted by Gasteiger charge is -2.17. The Bertz CT molecular complexity index is 352. The van der Waals surface area contributed by atoms with Gasteiger partial charge in [0, 0.05) is 19.0 Å². The quantitative estimate of drug-likeness (QED) is 0.804. The van der Waals surface area contributed by atoms with Crippen molar-refractivity contribution in [3.8, 4) is 0 Å². The molecule has 0 saturated carbocycles. The summed E-state index contributed by atoms with van der Waals surface area (Å²) in [5, 5.41) is 13.8. The van der Waals surface area contributed by atoms with Crippen LogP contribution in [-0.2, 0) is 4.79 Å². The molecule has 1 atom stereocenters. The molecule has 82 valence electrons. The highest BCUT2D eigenvalue weighted by molar-refractivity contribution is 7.03. The summed E-state index contributed by atoms with van der Waals surface area (Å²) in [6.45, 7) is 1.71. The van der Waals surface area contributed by atoms with Crippen molar-refractivity contribution in [1.82, 2.24) is 14.5 Å². The summed E-state index contributed by atoms with van der Waals surface area (Å²) < 4.78 is 3.57. The topological polar surface area (TPSA) is 83.4 Å². The third-order valence-corrected chi connectivity index (χ3v) is 2.40. The van der Waals surface area contributed by atoms with Crippen LogP contribution in [0.1, 0.15) is 17.4 Å². The molecule has 1 amide bonds. The van der Waals surface area contributed by atoms with Crippen molar-refractivity contribution in [1.29, 1.82) is 0 Å². The van der Waals surface area contributed by atoms with Crippen LogP contribution in [0.3, 0.4) is 0 Å². The highest BCUT2D eigenvalue weighted by Crippen LogP contribution is 2.04. The van der Waals surface area contributed by atoms with Gasteiger partial charge >= 0.3 is 5.97 Å². The standard InChI is InChI=1S/C8H11N3O3S/c1-5(8(13)14)3-11(2)7(12)6-4-15-10-9-6/h4-5H,3H2,1-2H3,(H,13,14). The summed E-state index contributed by atoms with van der Waals surface area (Å²) in [5.74, 6) is -1.83. The van der Waals surface area contributed by atoms with Gasteiger partial charge in [0.05, 0.1) is 5.92 Å². The first kappa shape index (κ1) is 11.6. The number of hydrogen-bond donors (Lipinski definition) is 1. The summed E-state index contributed by atoms with van der Waals surface area (Å²) in [7, 11) is 1.54. The first-order valence-corrected chi connectivity index (χ1v) is 5.11. The van der Waals surface area contributed by atoms with Gasteiger partial charge in [-0.15, -0.1) is 5.10 Å². The highest BCUT2D eigenvalue weighted by atomic mass is 32.1. The molecule has 6 nitrogen and oxygen atoms in total. The van der Waals surface area contributed by atoms with Gasteiger partial charge in [0.25, 0.3) is 5.91 Å². The van der Waals surface area contributed by atoms with E-state index in [-0.39, 0.29) is 18.1 Å². The Morgan fingerprint density at radius 3 is 2.80 bits per heavy atom. The molecule has 1 heterocycles. The van der Waals surface area contributed by atoms with Crippen molar-refractivity contribution in [3.63, 3.8) is 0 Å². The minimum atomic E-state index is -0.925. The zero-order valence-corrected chi connectivity index (χ0v) is 9.19. The van der Waals surface area contributed by atoms with E-state index in [1.807, 2.05) is 0 Å². The van der Waals surface area contributed by atoms with E-state index in [4.69, 9.17) is 5.11 Å². The van der Waals surface area contributed by atoms with Gasteiger partial charge in [-0.1, -0.05) is 11.4 Å². The van der Waals surface area contributed by atoms with Crippen molar-refractivity contribution in [3.05, 3.63) is 11.1 Å². The second-order valence-electron chi connectivity index (χ2n) is 3.22. The summed E-state index contributed by atoms with van der Waals surface area (Å²) in [6, 6.07) is 0. The molecule has 0 fully saturated rings. The molecule has 0 saturated heterocycles. The van der Waals surface area contributed by atoms with Crippen molar-refractivity contribution in [2.45, 2.75) is 6.92 Å². The van der Waals surface area contributed by atoms with E-state index < -0.39 is 11.9 Å². The molecule has 1 aromatic heterocycles. The minimum absolute atomic E-state index is 0.158. The fraction of sp³-hybridized carbons (Fsp3) is 0.500. The third-order valence-electron chi connectivity index (χ3n) is 1.90. The number of carboxylic acids is 1. The van der Waals surface area contributed by atoms with Gasteiger partial charge in [0.2, 0.25) is 0 Å². The van der Waals surface area contributed by atoms with Crippen LogP contribution in [0.15, 0.2) is 5.38 Å². The van der Waals surface area contributed by atoms with E-state index in [2.05, 4.69) is 9.59 Å². The molecule has 1 aromatic rings. The summed E-state index contributed by atoms with van der Waals surface area (Å²) in [6.07, 6.45) is 0. The summed E-state index contributed by atoms with van der Waals surface area (Å²) in [5.41, 5.74) is 0.250. The van der Waals surface area contributed by atoms with Gasteiger partial charge in [-0.3, -0.25) is 9.59 Å². The van der Waals surface area contributed by atoms with Crippen LogP contribution < -0.4 is 0 Å². The zero-order chi connectivity index (χ0) is 11.4. The Kier molecular flexibility index (Phi) is 3.73. The lowest BCUT2D eigenvalue weighted by molar-refractivity contribution is -0.141. The number of amides is 1. The van der Waals surface area contributed by atoms with Gasteiger partial charge in [-0.25, -0.2) is 0 Å². The van der Waals surface area contributed by atoms with Crippen molar-refractivity contribution in [2.75, 3.05) is 13.6 Å². The van der Waals surface area contributed by atoms with Crippen molar-refractivity contribution < 1.29 is 14.7 Å². The monoisotopic (exact) mass is 229 g/mol. The molecular weight excluding hydrogens is 218 g/mol. The second kappa shape index (κ2) is 4.83. The van der Waals surface area contributed by atoms with Gasteiger partial charge < -0.3 is 10.0 Å². The lowest BCUT2D eigenvalue weighted by Crippen LogP contribution is -2.33. The number of carbonyl (C=O) groups excluding carboxylic acids is 1. The van der Waals surface area contributed by atoms with Crippen LogP contribution >= 0.6 is 11.5 Å². The molecule has 0 aliphatic heterocycles. The van der Waals surface area contributed by atoms with E-state index >= 15 is 0 Å². The van der Waals surface area contributed by atoms with Crippen LogP contribution in [-0.4, -0.2) is 45.1 Å². The van der Waals surface area contributed by atoms with Crippen LogP contribution in [0.5, 0.6) is 0 Å². The molecule has 1 rings (SSSR count). The smallest absolute Gasteiger partial charge is 0.308 e. The molecule has 7 heteroatoms. The maximum atomic E-state index is 11.6. The molecule has 0 aliphatic carbocycles. The Morgan fingerprint density at radius 1 is 1.67 bits per heavy atom. The fourth-order valence-corrected chi connectivity index (χ4v) is 1.46. The molecule has 1 N–H and O–H groups in total. The third kappa shape index (κ3) is 2.98. The maximum Gasteiger partial charge on any atom is 0.308 e. The van der Waals surface area contributed by atoms with Crippen molar-refractivity contribution >= 4 is 23.4 Å². The molecule has 15 heavy (non-hydrogen) atoms. The number of carbonyl (C=O) groups is 2. The molecule has 1 unspecified atom stereocenters. The van der Waals surface area contributed by atoms with Crippen molar-refractivity contribution in [2.24, 2.45) is 5.92 Å². The average molecular weight is 229 g/mol. The summed E-state index contributed by atoms with van der Waals surface area (Å²) >= 11 is 1.09. The van der Waals surface area contributed by atoms with E-state index in [0.29, 0.717) is 0 Å². The number of hydrogen-bond acceptors (Lipinski definition) is 5. The number of aromatic nitrogens is 2. The highest BCUT2D eigenvalue weighted by Gasteiger charge is 2.19. The molecular formula is C8H11N3O3S. The predicted octanol–water partition coefficient (Wildman–Crippen LogP) is 0.331. The lowest BCUT2D eigenvalue weighted by atomic mass is 10.2. The SMILES string of the molecule is CC(CN(C)C(=O)c1csnn1)C(=O)O.